The smallest absolute Gasteiger partial charge is 0.286 e. The highest BCUT2D eigenvalue weighted by atomic mass is 35.5. The second-order valence-electron chi connectivity index (χ2n) is 8.83. The lowest BCUT2D eigenvalue weighted by Gasteiger charge is -2.37. The zero-order valence-electron chi connectivity index (χ0n) is 17.6. The molecule has 1 aromatic carbocycles. The van der Waals surface area contributed by atoms with Crippen molar-refractivity contribution in [1.82, 2.24) is 5.32 Å². The van der Waals surface area contributed by atoms with Crippen molar-refractivity contribution in [2.24, 2.45) is 17.8 Å². The Labute approximate surface area is 183 Å². The third-order valence-electron chi connectivity index (χ3n) is 6.94. The highest BCUT2D eigenvalue weighted by Crippen LogP contribution is 2.45. The van der Waals surface area contributed by atoms with E-state index in [4.69, 9.17) is 21.1 Å². The van der Waals surface area contributed by atoms with Crippen LogP contribution in [0.4, 0.5) is 0 Å². The molecular weight excluding hydrogens is 402 g/mol. The Balaban J connectivity index is 1.58. The first-order valence-corrected chi connectivity index (χ1v) is 11.6. The standard InChI is InChI=1S/C24H32ClNO4/c1-2-29-24-19(4-3-11-27)20(16-7-9-18(25)10-8-16)14-22(30-24)23(28)26-21-13-15-5-6-17(21)12-15/h7-10,14-15,17,19-21,24,27H,2-6,11-13H2,1H3,(H,26,28)/t15?,17?,19-,20+,21?,24+/m1/s1. The van der Waals surface area contributed by atoms with Gasteiger partial charge in [0.1, 0.15) is 0 Å². The second kappa shape index (κ2) is 9.71. The summed E-state index contributed by atoms with van der Waals surface area (Å²) in [4.78, 5) is 13.1. The van der Waals surface area contributed by atoms with Crippen LogP contribution in [0.5, 0.6) is 0 Å². The average molecular weight is 434 g/mol. The predicted octanol–water partition coefficient (Wildman–Crippen LogP) is 4.39. The summed E-state index contributed by atoms with van der Waals surface area (Å²) in [6.45, 7) is 2.54. The Morgan fingerprint density at radius 2 is 2.07 bits per heavy atom. The number of benzene rings is 1. The minimum absolute atomic E-state index is 0.0114. The molecule has 0 spiro atoms. The van der Waals surface area contributed by atoms with Gasteiger partial charge in [0.15, 0.2) is 5.76 Å². The first-order valence-electron chi connectivity index (χ1n) is 11.3. The van der Waals surface area contributed by atoms with E-state index >= 15 is 0 Å². The number of nitrogens with one attached hydrogen (secondary N) is 1. The number of allylic oxidation sites excluding steroid dienone is 1. The van der Waals surface area contributed by atoms with Crippen molar-refractivity contribution in [3.8, 4) is 0 Å². The predicted molar refractivity (Wildman–Crippen MR) is 116 cm³/mol. The fourth-order valence-corrected chi connectivity index (χ4v) is 5.62. The molecule has 3 unspecified atom stereocenters. The summed E-state index contributed by atoms with van der Waals surface area (Å²) < 4.78 is 12.0. The number of carbonyl (C=O) groups excluding carboxylic acids is 1. The lowest BCUT2D eigenvalue weighted by atomic mass is 9.80. The number of amides is 1. The van der Waals surface area contributed by atoms with Gasteiger partial charge in [-0.1, -0.05) is 30.2 Å². The van der Waals surface area contributed by atoms with E-state index in [9.17, 15) is 9.90 Å². The molecule has 4 rings (SSSR count). The van der Waals surface area contributed by atoms with Gasteiger partial charge in [0.25, 0.3) is 5.91 Å². The molecule has 0 radical (unpaired) electrons. The molecule has 1 amide bonds. The fourth-order valence-electron chi connectivity index (χ4n) is 5.49. The third-order valence-corrected chi connectivity index (χ3v) is 7.20. The molecule has 1 aromatic rings. The van der Waals surface area contributed by atoms with Crippen molar-refractivity contribution >= 4 is 17.5 Å². The molecule has 6 atom stereocenters. The van der Waals surface area contributed by atoms with Gasteiger partial charge >= 0.3 is 0 Å². The van der Waals surface area contributed by atoms with Crippen molar-refractivity contribution in [2.45, 2.75) is 63.7 Å². The molecule has 164 valence electrons. The quantitative estimate of drug-likeness (QED) is 0.637. The van der Waals surface area contributed by atoms with Gasteiger partial charge in [-0.3, -0.25) is 4.79 Å². The highest BCUT2D eigenvalue weighted by molar-refractivity contribution is 6.30. The van der Waals surface area contributed by atoms with Crippen LogP contribution < -0.4 is 5.32 Å². The maximum atomic E-state index is 13.1. The minimum atomic E-state index is -0.520. The number of rotatable bonds is 8. The third kappa shape index (κ3) is 4.68. The molecule has 2 saturated carbocycles. The van der Waals surface area contributed by atoms with Gasteiger partial charge in [-0.05, 0) is 74.6 Å². The normalized spacial score (nSPS) is 32.6. The summed E-state index contributed by atoms with van der Waals surface area (Å²) in [7, 11) is 0. The van der Waals surface area contributed by atoms with Gasteiger partial charge in [0, 0.05) is 36.1 Å². The Morgan fingerprint density at radius 3 is 2.70 bits per heavy atom. The SMILES string of the molecule is CCO[C@H]1OC(C(=O)NC2CC3CCC2C3)=C[C@@H](c2ccc(Cl)cc2)[C@H]1CCCO. The van der Waals surface area contributed by atoms with Gasteiger partial charge < -0.3 is 19.9 Å². The molecule has 2 bridgehead atoms. The molecule has 0 saturated heterocycles. The number of carbonyl (C=O) groups is 1. The summed E-state index contributed by atoms with van der Waals surface area (Å²) in [6, 6.07) is 7.99. The molecule has 2 N–H and O–H groups in total. The van der Waals surface area contributed by atoms with Crippen LogP contribution >= 0.6 is 11.6 Å². The Bertz CT molecular complexity index is 765. The summed E-state index contributed by atoms with van der Waals surface area (Å²) >= 11 is 6.09. The van der Waals surface area contributed by atoms with Gasteiger partial charge in [0.2, 0.25) is 6.29 Å². The van der Waals surface area contributed by atoms with E-state index in [-0.39, 0.29) is 30.4 Å². The first kappa shape index (κ1) is 21.7. The molecule has 1 aliphatic heterocycles. The second-order valence-corrected chi connectivity index (χ2v) is 9.27. The van der Waals surface area contributed by atoms with E-state index in [1.165, 1.54) is 19.3 Å². The van der Waals surface area contributed by atoms with Crippen LogP contribution in [0.1, 0.15) is 56.9 Å². The van der Waals surface area contributed by atoms with Crippen LogP contribution in [0.2, 0.25) is 5.02 Å². The number of hydrogen-bond acceptors (Lipinski definition) is 4. The van der Waals surface area contributed by atoms with Crippen LogP contribution in [-0.2, 0) is 14.3 Å². The van der Waals surface area contributed by atoms with E-state index in [2.05, 4.69) is 5.32 Å². The molecule has 2 aliphatic carbocycles. The zero-order chi connectivity index (χ0) is 21.1. The number of aliphatic hydroxyl groups excluding tert-OH is 1. The van der Waals surface area contributed by atoms with E-state index in [0.29, 0.717) is 29.7 Å². The maximum Gasteiger partial charge on any atom is 0.286 e. The molecule has 3 aliphatic rings. The number of ether oxygens (including phenoxy) is 2. The van der Waals surface area contributed by atoms with E-state index < -0.39 is 6.29 Å². The Hall–Kier alpha value is -1.56. The lowest BCUT2D eigenvalue weighted by molar-refractivity contribution is -0.167. The Morgan fingerprint density at radius 1 is 1.27 bits per heavy atom. The summed E-state index contributed by atoms with van der Waals surface area (Å²) in [5, 5.41) is 13.3. The summed E-state index contributed by atoms with van der Waals surface area (Å²) in [5.74, 6) is 1.54. The van der Waals surface area contributed by atoms with Gasteiger partial charge in [0.05, 0.1) is 0 Å². The van der Waals surface area contributed by atoms with Crippen LogP contribution in [0.3, 0.4) is 0 Å². The molecule has 30 heavy (non-hydrogen) atoms. The first-order chi connectivity index (χ1) is 14.6. The molecule has 5 nitrogen and oxygen atoms in total. The average Bonchev–Trinajstić information content (AvgIpc) is 3.36. The Kier molecular flexibility index (Phi) is 7.01. The topological polar surface area (TPSA) is 67.8 Å². The summed E-state index contributed by atoms with van der Waals surface area (Å²) in [6.07, 6.45) is 7.65. The maximum absolute atomic E-state index is 13.1. The molecule has 1 heterocycles. The summed E-state index contributed by atoms with van der Waals surface area (Å²) in [5.41, 5.74) is 1.07. The van der Waals surface area contributed by atoms with Crippen molar-refractivity contribution in [2.75, 3.05) is 13.2 Å². The van der Waals surface area contributed by atoms with Crippen LogP contribution in [0, 0.1) is 17.8 Å². The lowest BCUT2D eigenvalue weighted by Crippen LogP contribution is -2.43. The number of aliphatic hydroxyl groups is 1. The molecule has 6 heteroatoms. The van der Waals surface area contributed by atoms with Crippen molar-refractivity contribution in [3.05, 3.63) is 46.7 Å². The molecule has 0 aromatic heterocycles. The van der Waals surface area contributed by atoms with Crippen LogP contribution in [-0.4, -0.2) is 36.6 Å². The van der Waals surface area contributed by atoms with Crippen molar-refractivity contribution in [3.63, 3.8) is 0 Å². The van der Waals surface area contributed by atoms with E-state index in [1.54, 1.807) is 0 Å². The number of fused-ring (bicyclic) bond motifs is 2. The number of halogens is 1. The van der Waals surface area contributed by atoms with E-state index in [1.807, 2.05) is 37.3 Å². The van der Waals surface area contributed by atoms with Crippen molar-refractivity contribution in [1.29, 1.82) is 0 Å². The van der Waals surface area contributed by atoms with Crippen LogP contribution in [0.15, 0.2) is 36.1 Å². The minimum Gasteiger partial charge on any atom is -0.459 e. The monoisotopic (exact) mass is 433 g/mol. The number of hydrogen-bond donors (Lipinski definition) is 2. The largest absolute Gasteiger partial charge is 0.459 e. The van der Waals surface area contributed by atoms with Crippen molar-refractivity contribution < 1.29 is 19.4 Å². The van der Waals surface area contributed by atoms with Gasteiger partial charge in [-0.2, -0.15) is 0 Å². The molecular formula is C24H32ClNO4. The van der Waals surface area contributed by atoms with Gasteiger partial charge in [-0.15, -0.1) is 0 Å². The van der Waals surface area contributed by atoms with Gasteiger partial charge in [-0.25, -0.2) is 0 Å². The molecule has 2 fully saturated rings. The van der Waals surface area contributed by atoms with E-state index in [0.717, 1.165) is 24.3 Å². The zero-order valence-corrected chi connectivity index (χ0v) is 18.3. The van der Waals surface area contributed by atoms with Crippen LogP contribution in [0.25, 0.3) is 0 Å². The fraction of sp³-hybridized carbons (Fsp3) is 0.625. The highest BCUT2D eigenvalue weighted by Gasteiger charge is 2.42.